The van der Waals surface area contributed by atoms with Crippen molar-refractivity contribution in [2.45, 2.75) is 143 Å². The maximum Gasteiger partial charge on any atom is 0.0316 e. The van der Waals surface area contributed by atoms with Gasteiger partial charge in [0.25, 0.3) is 0 Å². The molecule has 0 radical (unpaired) electrons. The van der Waals surface area contributed by atoms with Crippen molar-refractivity contribution < 1.29 is 0 Å². The topological polar surface area (TPSA) is 26.0 Å². The third-order valence-corrected chi connectivity index (χ3v) is 10.4. The second-order valence-corrected chi connectivity index (χ2v) is 11.5. The van der Waals surface area contributed by atoms with Crippen LogP contribution in [0.2, 0.25) is 0 Å². The predicted molar refractivity (Wildman–Crippen MR) is 124 cm³/mol. The van der Waals surface area contributed by atoms with Crippen LogP contribution in [0.15, 0.2) is 0 Å². The minimum Gasteiger partial charge on any atom is -0.327 e. The normalized spacial score (nSPS) is 17.2. The molecule has 1 nitrogen and oxygen atoms in total. The summed E-state index contributed by atoms with van der Waals surface area (Å²) in [4.78, 5) is 0. The molecule has 2 atom stereocenters. The van der Waals surface area contributed by atoms with Crippen molar-refractivity contribution in [1.82, 2.24) is 0 Å². The van der Waals surface area contributed by atoms with Crippen molar-refractivity contribution in [2.75, 3.05) is 0 Å². The fourth-order valence-electron chi connectivity index (χ4n) is 4.42. The minimum atomic E-state index is 0.176. The summed E-state index contributed by atoms with van der Waals surface area (Å²) in [5, 5.41) is 0. The lowest BCUT2D eigenvalue weighted by Gasteiger charge is -2.50. The molecule has 2 heteroatoms. The largest absolute Gasteiger partial charge is 0.327 e. The predicted octanol–water partition coefficient (Wildman–Crippen LogP) is 8.21. The van der Waals surface area contributed by atoms with E-state index in [1.165, 1.54) is 57.8 Å². The lowest BCUT2D eigenvalue weighted by Crippen LogP contribution is -2.50. The molecule has 0 aliphatic rings. The molecule has 2 N–H and O–H groups in total. The molecule has 0 amide bonds. The van der Waals surface area contributed by atoms with Crippen LogP contribution in [-0.4, -0.2) is 15.5 Å². The van der Waals surface area contributed by atoms with Crippen LogP contribution in [-0.2, 0) is 0 Å². The van der Waals surface area contributed by atoms with Gasteiger partial charge in [-0.05, 0) is 49.9 Å². The van der Waals surface area contributed by atoms with Gasteiger partial charge in [0.1, 0.15) is 0 Å². The van der Waals surface area contributed by atoms with Gasteiger partial charge in [0, 0.05) is 15.5 Å². The monoisotopic (exact) mass is 385 g/mol. The maximum atomic E-state index is 6.72. The third-order valence-electron chi connectivity index (χ3n) is 8.03. The highest BCUT2D eigenvalue weighted by Gasteiger charge is 2.46. The van der Waals surface area contributed by atoms with Crippen molar-refractivity contribution in [3.05, 3.63) is 0 Å². The molecule has 2 unspecified atom stereocenters. The van der Waals surface area contributed by atoms with E-state index in [-0.39, 0.29) is 10.8 Å². The van der Waals surface area contributed by atoms with E-state index in [9.17, 15) is 0 Å². The summed E-state index contributed by atoms with van der Waals surface area (Å²) in [7, 11) is 0. The number of hydrogen-bond acceptors (Lipinski definition) is 2. The van der Waals surface area contributed by atoms with Crippen molar-refractivity contribution >= 4 is 11.8 Å². The molecular weight excluding hydrogens is 334 g/mol. The van der Waals surface area contributed by atoms with E-state index in [2.05, 4.69) is 81.0 Å². The van der Waals surface area contributed by atoms with Gasteiger partial charge >= 0.3 is 0 Å². The lowest BCUT2D eigenvalue weighted by atomic mass is 9.73. The van der Waals surface area contributed by atoms with E-state index >= 15 is 0 Å². The first-order valence-corrected chi connectivity index (χ1v) is 12.3. The van der Waals surface area contributed by atoms with Gasteiger partial charge in [-0.3, -0.25) is 0 Å². The fourth-order valence-corrected chi connectivity index (χ4v) is 6.74. The standard InChI is InChI=1S/C24H51NS/c1-11-21(9,12-2)18-23(15-5,16-6)26-24(17-7,20(8)25)19-22(10,13-3)14-4/h20H,11-19,25H2,1-10H3. The average Bonchev–Trinajstić information content (AvgIpc) is 2.66. The summed E-state index contributed by atoms with van der Waals surface area (Å²) in [6.07, 6.45) is 11.2. The molecule has 0 saturated carbocycles. The SMILES string of the molecule is CCC(C)(CC)CC(CC)(CC)SC(CC)(CC(C)(CC)CC)C(C)N. The lowest BCUT2D eigenvalue weighted by molar-refractivity contribution is 0.210. The number of rotatable bonds is 14. The van der Waals surface area contributed by atoms with Gasteiger partial charge in [0.05, 0.1) is 0 Å². The highest BCUT2D eigenvalue weighted by atomic mass is 32.2. The van der Waals surface area contributed by atoms with Crippen LogP contribution in [0.1, 0.15) is 127 Å². The molecule has 158 valence electrons. The van der Waals surface area contributed by atoms with Crippen LogP contribution >= 0.6 is 11.8 Å². The van der Waals surface area contributed by atoms with Gasteiger partial charge in [-0.25, -0.2) is 0 Å². The second kappa shape index (κ2) is 10.7. The van der Waals surface area contributed by atoms with Gasteiger partial charge in [-0.2, -0.15) is 0 Å². The van der Waals surface area contributed by atoms with E-state index in [1.807, 2.05) is 0 Å². The molecule has 0 heterocycles. The Balaban J connectivity index is 5.94. The minimum absolute atomic E-state index is 0.176. The Bertz CT molecular complexity index is 378. The molecular formula is C24H51NS. The Labute approximate surface area is 171 Å². The van der Waals surface area contributed by atoms with Crippen LogP contribution in [0.4, 0.5) is 0 Å². The highest BCUT2D eigenvalue weighted by Crippen LogP contribution is 2.55. The molecule has 0 aromatic heterocycles. The molecule has 0 aromatic carbocycles. The summed E-state index contributed by atoms with van der Waals surface area (Å²) in [5.41, 5.74) is 7.55. The first-order chi connectivity index (χ1) is 12.0. The summed E-state index contributed by atoms with van der Waals surface area (Å²) in [6.45, 7) is 23.9. The zero-order valence-electron chi connectivity index (χ0n) is 19.9. The highest BCUT2D eigenvalue weighted by molar-refractivity contribution is 8.02. The van der Waals surface area contributed by atoms with E-state index < -0.39 is 0 Å². The van der Waals surface area contributed by atoms with Crippen molar-refractivity contribution in [2.24, 2.45) is 16.6 Å². The number of nitrogens with two attached hydrogens (primary N) is 1. The van der Waals surface area contributed by atoms with Crippen LogP contribution in [0.3, 0.4) is 0 Å². The molecule has 0 aliphatic carbocycles. The van der Waals surface area contributed by atoms with E-state index in [4.69, 9.17) is 5.73 Å². The second-order valence-electron chi connectivity index (χ2n) is 9.59. The molecule has 0 saturated heterocycles. The molecule has 0 bridgehead atoms. The van der Waals surface area contributed by atoms with Crippen molar-refractivity contribution in [3.8, 4) is 0 Å². The van der Waals surface area contributed by atoms with Crippen molar-refractivity contribution in [3.63, 3.8) is 0 Å². The summed E-state index contributed by atoms with van der Waals surface area (Å²) in [5.74, 6) is 0. The number of thioether (sulfide) groups is 1. The van der Waals surface area contributed by atoms with Gasteiger partial charge in [0.15, 0.2) is 0 Å². The Morgan fingerprint density at radius 1 is 0.654 bits per heavy atom. The molecule has 0 spiro atoms. The van der Waals surface area contributed by atoms with E-state index in [0.29, 0.717) is 15.6 Å². The molecule has 0 rings (SSSR count). The maximum absolute atomic E-state index is 6.72. The molecule has 0 aromatic rings. The zero-order chi connectivity index (χ0) is 20.6. The Morgan fingerprint density at radius 3 is 1.31 bits per heavy atom. The third kappa shape index (κ3) is 6.43. The van der Waals surface area contributed by atoms with E-state index in [1.54, 1.807) is 0 Å². The van der Waals surface area contributed by atoms with Gasteiger partial charge in [0.2, 0.25) is 0 Å². The zero-order valence-corrected chi connectivity index (χ0v) is 20.7. The van der Waals surface area contributed by atoms with Gasteiger partial charge in [-0.1, -0.05) is 88.0 Å². The quantitative estimate of drug-likeness (QED) is 0.326. The first kappa shape index (κ1) is 26.3. The molecule has 26 heavy (non-hydrogen) atoms. The Morgan fingerprint density at radius 2 is 1.04 bits per heavy atom. The summed E-state index contributed by atoms with van der Waals surface area (Å²) >= 11 is 2.28. The average molecular weight is 386 g/mol. The molecule has 0 aliphatic heterocycles. The van der Waals surface area contributed by atoms with Gasteiger partial charge in [-0.15, -0.1) is 11.8 Å². The van der Waals surface area contributed by atoms with Crippen LogP contribution in [0, 0.1) is 10.8 Å². The van der Waals surface area contributed by atoms with Crippen molar-refractivity contribution in [1.29, 1.82) is 0 Å². The van der Waals surface area contributed by atoms with Gasteiger partial charge < -0.3 is 5.73 Å². The Kier molecular flexibility index (Phi) is 10.9. The molecule has 0 fully saturated rings. The Hall–Kier alpha value is 0.310. The summed E-state index contributed by atoms with van der Waals surface area (Å²) < 4.78 is 0.516. The first-order valence-electron chi connectivity index (χ1n) is 11.4. The van der Waals surface area contributed by atoms with Crippen LogP contribution in [0.5, 0.6) is 0 Å². The fraction of sp³-hybridized carbons (Fsp3) is 1.00. The van der Waals surface area contributed by atoms with Crippen LogP contribution in [0.25, 0.3) is 0 Å². The smallest absolute Gasteiger partial charge is 0.0316 e. The summed E-state index contributed by atoms with van der Waals surface area (Å²) in [6, 6.07) is 0.224. The van der Waals surface area contributed by atoms with E-state index in [0.717, 1.165) is 0 Å². The number of hydrogen-bond donors (Lipinski definition) is 1. The van der Waals surface area contributed by atoms with Crippen LogP contribution < -0.4 is 5.73 Å².